The molecule has 0 bridgehead atoms. The summed E-state index contributed by atoms with van der Waals surface area (Å²) >= 11 is 0. The number of sulfone groups is 1. The molecule has 2 aromatic rings. The second-order valence-electron chi connectivity index (χ2n) is 10.2. The van der Waals surface area contributed by atoms with Crippen molar-refractivity contribution in [2.24, 2.45) is 5.41 Å². The summed E-state index contributed by atoms with van der Waals surface area (Å²) in [4.78, 5) is 13.1. The number of ether oxygens (including phenoxy) is 1. The van der Waals surface area contributed by atoms with Crippen LogP contribution in [0.4, 0.5) is 0 Å². The Morgan fingerprint density at radius 2 is 1.84 bits per heavy atom. The molecule has 0 radical (unpaired) electrons. The Morgan fingerprint density at radius 3 is 2.35 bits per heavy atom. The predicted molar refractivity (Wildman–Crippen MR) is 122 cm³/mol. The SMILES string of the molecule is COc1ccc(-c2cc(C(=O)NC(C)(C)CC(C)(C)C)nn2C2CCS(=O)(=O)C2)cc1. The van der Waals surface area contributed by atoms with Gasteiger partial charge in [0, 0.05) is 11.1 Å². The van der Waals surface area contributed by atoms with Crippen LogP contribution in [-0.2, 0) is 9.84 Å². The number of hydrogen-bond donors (Lipinski definition) is 1. The zero-order valence-electron chi connectivity index (χ0n) is 19.2. The van der Waals surface area contributed by atoms with Gasteiger partial charge < -0.3 is 10.1 Å². The summed E-state index contributed by atoms with van der Waals surface area (Å²) in [5.41, 5.74) is 1.52. The number of carbonyl (C=O) groups excluding carboxylic acids is 1. The van der Waals surface area contributed by atoms with Gasteiger partial charge in [-0.25, -0.2) is 8.42 Å². The van der Waals surface area contributed by atoms with Gasteiger partial charge in [-0.1, -0.05) is 20.8 Å². The molecule has 2 heterocycles. The first kappa shape index (κ1) is 23.3. The topological polar surface area (TPSA) is 90.3 Å². The number of methoxy groups -OCH3 is 1. The number of benzene rings is 1. The van der Waals surface area contributed by atoms with Crippen LogP contribution in [0.25, 0.3) is 11.3 Å². The quantitative estimate of drug-likeness (QED) is 0.726. The van der Waals surface area contributed by atoms with Crippen LogP contribution in [0.15, 0.2) is 30.3 Å². The molecule has 1 fully saturated rings. The fourth-order valence-electron chi connectivity index (χ4n) is 4.47. The molecule has 1 atom stereocenters. The number of rotatable bonds is 6. The lowest BCUT2D eigenvalue weighted by molar-refractivity contribution is 0.0885. The van der Waals surface area contributed by atoms with Crippen LogP contribution in [0.1, 0.15) is 64.0 Å². The van der Waals surface area contributed by atoms with E-state index in [1.807, 2.05) is 38.1 Å². The van der Waals surface area contributed by atoms with Gasteiger partial charge in [-0.05, 0) is 62.4 Å². The van der Waals surface area contributed by atoms with E-state index in [0.29, 0.717) is 6.42 Å². The molecular weight excluding hydrogens is 414 g/mol. The summed E-state index contributed by atoms with van der Waals surface area (Å²) in [5.74, 6) is 0.637. The van der Waals surface area contributed by atoms with Crippen molar-refractivity contribution in [1.29, 1.82) is 0 Å². The highest BCUT2D eigenvalue weighted by Crippen LogP contribution is 2.32. The van der Waals surface area contributed by atoms with Crippen molar-refractivity contribution in [3.8, 4) is 17.0 Å². The molecule has 0 spiro atoms. The molecule has 1 aromatic carbocycles. The van der Waals surface area contributed by atoms with Gasteiger partial charge in [0.05, 0.1) is 30.4 Å². The summed E-state index contributed by atoms with van der Waals surface area (Å²) in [6.07, 6.45) is 1.29. The zero-order valence-corrected chi connectivity index (χ0v) is 20.0. The molecule has 1 amide bonds. The molecule has 1 aliphatic rings. The van der Waals surface area contributed by atoms with Crippen molar-refractivity contribution >= 4 is 15.7 Å². The van der Waals surface area contributed by atoms with Crippen molar-refractivity contribution in [3.05, 3.63) is 36.0 Å². The summed E-state index contributed by atoms with van der Waals surface area (Å²) in [6.45, 7) is 10.4. The average molecular weight is 448 g/mol. The van der Waals surface area contributed by atoms with E-state index in [1.165, 1.54) is 0 Å². The van der Waals surface area contributed by atoms with Crippen LogP contribution in [0.3, 0.4) is 0 Å². The number of aromatic nitrogens is 2. The van der Waals surface area contributed by atoms with E-state index < -0.39 is 15.4 Å². The Bertz CT molecular complexity index is 1050. The minimum atomic E-state index is -3.09. The van der Waals surface area contributed by atoms with Crippen molar-refractivity contribution in [3.63, 3.8) is 0 Å². The van der Waals surface area contributed by atoms with E-state index >= 15 is 0 Å². The minimum Gasteiger partial charge on any atom is -0.497 e. The normalized spacial score (nSPS) is 18.7. The summed E-state index contributed by atoms with van der Waals surface area (Å²) in [6, 6.07) is 8.91. The van der Waals surface area contributed by atoms with Crippen LogP contribution in [0, 0.1) is 5.41 Å². The number of carbonyl (C=O) groups is 1. The zero-order chi connectivity index (χ0) is 23.0. The van der Waals surface area contributed by atoms with Gasteiger partial charge in [0.25, 0.3) is 5.91 Å². The van der Waals surface area contributed by atoms with Crippen molar-refractivity contribution in [2.75, 3.05) is 18.6 Å². The average Bonchev–Trinajstić information content (AvgIpc) is 3.22. The first-order valence-corrected chi connectivity index (χ1v) is 12.4. The number of hydrogen-bond acceptors (Lipinski definition) is 5. The van der Waals surface area contributed by atoms with Crippen LogP contribution in [0.2, 0.25) is 0 Å². The third-order valence-electron chi connectivity index (χ3n) is 5.33. The maximum absolute atomic E-state index is 13.1. The van der Waals surface area contributed by atoms with Gasteiger partial charge in [0.1, 0.15) is 5.75 Å². The molecule has 1 aromatic heterocycles. The van der Waals surface area contributed by atoms with E-state index in [2.05, 4.69) is 31.2 Å². The van der Waals surface area contributed by atoms with Crippen molar-refractivity contribution in [1.82, 2.24) is 15.1 Å². The first-order valence-electron chi connectivity index (χ1n) is 10.6. The highest BCUT2D eigenvalue weighted by Gasteiger charge is 2.33. The lowest BCUT2D eigenvalue weighted by Crippen LogP contribution is -2.46. The molecule has 7 nitrogen and oxygen atoms in total. The van der Waals surface area contributed by atoms with Crippen LogP contribution < -0.4 is 10.1 Å². The monoisotopic (exact) mass is 447 g/mol. The molecule has 170 valence electrons. The molecule has 1 aliphatic heterocycles. The van der Waals surface area contributed by atoms with Crippen LogP contribution in [-0.4, -0.2) is 48.3 Å². The first-order chi connectivity index (χ1) is 14.3. The van der Waals surface area contributed by atoms with Gasteiger partial charge in [0.15, 0.2) is 15.5 Å². The molecule has 1 saturated heterocycles. The van der Waals surface area contributed by atoms with Gasteiger partial charge in [-0.3, -0.25) is 9.48 Å². The summed E-state index contributed by atoms with van der Waals surface area (Å²) in [5, 5.41) is 7.66. The number of amides is 1. The van der Waals surface area contributed by atoms with Crippen LogP contribution in [0.5, 0.6) is 5.75 Å². The van der Waals surface area contributed by atoms with E-state index in [-0.39, 0.29) is 34.6 Å². The number of nitrogens with one attached hydrogen (secondary N) is 1. The van der Waals surface area contributed by atoms with E-state index in [9.17, 15) is 13.2 Å². The third-order valence-corrected chi connectivity index (χ3v) is 7.08. The Kier molecular flexibility index (Phi) is 6.24. The Morgan fingerprint density at radius 1 is 1.19 bits per heavy atom. The highest BCUT2D eigenvalue weighted by atomic mass is 32.2. The van der Waals surface area contributed by atoms with E-state index in [0.717, 1.165) is 23.4 Å². The van der Waals surface area contributed by atoms with Crippen molar-refractivity contribution in [2.45, 2.75) is 59.0 Å². The molecule has 0 saturated carbocycles. The smallest absolute Gasteiger partial charge is 0.272 e. The molecule has 1 N–H and O–H groups in total. The molecule has 3 rings (SSSR count). The van der Waals surface area contributed by atoms with Crippen molar-refractivity contribution < 1.29 is 17.9 Å². The maximum Gasteiger partial charge on any atom is 0.272 e. The Hall–Kier alpha value is -2.35. The Balaban J connectivity index is 1.95. The van der Waals surface area contributed by atoms with E-state index in [1.54, 1.807) is 17.9 Å². The third kappa shape index (κ3) is 5.87. The van der Waals surface area contributed by atoms with Gasteiger partial charge in [-0.2, -0.15) is 5.10 Å². The van der Waals surface area contributed by atoms with E-state index in [4.69, 9.17) is 4.74 Å². The van der Waals surface area contributed by atoms with Gasteiger partial charge >= 0.3 is 0 Å². The molecule has 31 heavy (non-hydrogen) atoms. The second kappa shape index (κ2) is 8.30. The highest BCUT2D eigenvalue weighted by molar-refractivity contribution is 7.91. The Labute approximate surface area is 185 Å². The largest absolute Gasteiger partial charge is 0.497 e. The standard InChI is InChI=1S/C23H33N3O4S/c1-22(2,3)15-23(4,5)24-21(27)19-13-20(16-7-9-18(30-6)10-8-16)26(25-19)17-11-12-31(28,29)14-17/h7-10,13,17H,11-12,14-15H2,1-6H3,(H,24,27). The van der Waals surface area contributed by atoms with Crippen LogP contribution >= 0.6 is 0 Å². The fourth-order valence-corrected chi connectivity index (χ4v) is 6.16. The lowest BCUT2D eigenvalue weighted by atomic mass is 9.82. The summed E-state index contributed by atoms with van der Waals surface area (Å²) in [7, 11) is -1.49. The molecule has 0 aliphatic carbocycles. The minimum absolute atomic E-state index is 0.0361. The predicted octanol–water partition coefficient (Wildman–Crippen LogP) is 3.86. The van der Waals surface area contributed by atoms with Gasteiger partial charge in [0.2, 0.25) is 0 Å². The fraction of sp³-hybridized carbons (Fsp3) is 0.565. The number of nitrogens with zero attached hydrogens (tertiary/aromatic N) is 2. The molecular formula is C23H33N3O4S. The second-order valence-corrected chi connectivity index (χ2v) is 12.4. The summed E-state index contributed by atoms with van der Waals surface area (Å²) < 4.78 is 31.1. The molecule has 8 heteroatoms. The molecule has 1 unspecified atom stereocenters. The lowest BCUT2D eigenvalue weighted by Gasteiger charge is -2.33. The van der Waals surface area contributed by atoms with Gasteiger partial charge in [-0.15, -0.1) is 0 Å². The maximum atomic E-state index is 13.1.